The van der Waals surface area contributed by atoms with Crippen molar-refractivity contribution in [3.63, 3.8) is 0 Å². The predicted octanol–water partition coefficient (Wildman–Crippen LogP) is 1.60. The smallest absolute Gasteiger partial charge is 0.134 e. The molecule has 1 rings (SSSR count). The molecule has 0 aliphatic heterocycles. The van der Waals surface area contributed by atoms with E-state index < -0.39 is 0 Å². The Morgan fingerprint density at radius 1 is 1.38 bits per heavy atom. The van der Waals surface area contributed by atoms with Crippen molar-refractivity contribution >= 4 is 0 Å². The van der Waals surface area contributed by atoms with E-state index in [1.807, 2.05) is 6.07 Å². The van der Waals surface area contributed by atoms with Crippen LogP contribution in [0.25, 0.3) is 0 Å². The van der Waals surface area contributed by atoms with Crippen LogP contribution in [0, 0.1) is 11.8 Å². The third-order valence-electron chi connectivity index (χ3n) is 3.31. The molecule has 4 nitrogen and oxygen atoms in total. The molecule has 0 amide bonds. The van der Waals surface area contributed by atoms with Crippen LogP contribution >= 0.6 is 0 Å². The molecule has 0 fully saturated rings. The zero-order valence-electron chi connectivity index (χ0n) is 13.2. The Morgan fingerprint density at radius 3 is 2.71 bits per heavy atom. The van der Waals surface area contributed by atoms with Crippen LogP contribution in [0.1, 0.15) is 31.4 Å². The lowest BCUT2D eigenvalue weighted by Gasteiger charge is -2.26. The van der Waals surface area contributed by atoms with Gasteiger partial charge in [0.15, 0.2) is 0 Å². The zero-order valence-corrected chi connectivity index (χ0v) is 13.2. The van der Waals surface area contributed by atoms with Gasteiger partial charge in [0.25, 0.3) is 0 Å². The lowest BCUT2D eigenvalue weighted by molar-refractivity contribution is 0.185. The minimum Gasteiger partial charge on any atom is -0.495 e. The van der Waals surface area contributed by atoms with Gasteiger partial charge in [0, 0.05) is 25.7 Å². The summed E-state index contributed by atoms with van der Waals surface area (Å²) in [4.78, 5) is 2.33. The van der Waals surface area contributed by atoms with Gasteiger partial charge in [-0.15, -0.1) is 0 Å². The van der Waals surface area contributed by atoms with Gasteiger partial charge in [-0.3, -0.25) is 4.90 Å². The van der Waals surface area contributed by atoms with Crippen LogP contribution in [0.4, 0.5) is 0 Å². The van der Waals surface area contributed by atoms with Crippen LogP contribution in [-0.2, 0) is 6.54 Å². The number of aliphatic hydroxyl groups excluding tert-OH is 1. The zero-order chi connectivity index (χ0) is 15.7. The molecule has 0 unspecified atom stereocenters. The molecular formula is C17H26N2O2. The van der Waals surface area contributed by atoms with Crippen LogP contribution in [0.3, 0.4) is 0 Å². The van der Waals surface area contributed by atoms with E-state index in [9.17, 15) is 0 Å². The average Bonchev–Trinajstić information content (AvgIpc) is 2.49. The van der Waals surface area contributed by atoms with E-state index in [0.29, 0.717) is 12.6 Å². The maximum absolute atomic E-state index is 9.00. The van der Waals surface area contributed by atoms with Gasteiger partial charge in [-0.05, 0) is 38.0 Å². The lowest BCUT2D eigenvalue weighted by Crippen LogP contribution is -2.31. The van der Waals surface area contributed by atoms with Crippen molar-refractivity contribution in [1.29, 1.82) is 0 Å². The molecule has 0 spiro atoms. The Labute approximate surface area is 127 Å². The molecule has 0 aromatic heterocycles. The number of hydrogen-bond acceptors (Lipinski definition) is 4. The van der Waals surface area contributed by atoms with Crippen molar-refractivity contribution in [2.75, 3.05) is 26.8 Å². The molecule has 4 heteroatoms. The first-order valence-electron chi connectivity index (χ1n) is 7.33. The fraction of sp³-hybridized carbons (Fsp3) is 0.529. The highest BCUT2D eigenvalue weighted by atomic mass is 16.5. The van der Waals surface area contributed by atoms with Crippen molar-refractivity contribution < 1.29 is 9.84 Å². The van der Waals surface area contributed by atoms with E-state index in [4.69, 9.17) is 15.6 Å². The van der Waals surface area contributed by atoms with E-state index in [1.54, 1.807) is 7.11 Å². The predicted molar refractivity (Wildman–Crippen MR) is 86.2 cm³/mol. The highest BCUT2D eigenvalue weighted by Crippen LogP contribution is 2.20. The number of nitrogens with two attached hydrogens (primary N) is 1. The summed E-state index contributed by atoms with van der Waals surface area (Å²) in [5.41, 5.74) is 7.49. The van der Waals surface area contributed by atoms with Crippen LogP contribution in [0.5, 0.6) is 5.75 Å². The molecule has 0 saturated heterocycles. The van der Waals surface area contributed by atoms with E-state index in [1.165, 1.54) is 5.56 Å². The van der Waals surface area contributed by atoms with Crippen molar-refractivity contribution in [1.82, 2.24) is 4.90 Å². The first-order chi connectivity index (χ1) is 10.1. The maximum Gasteiger partial charge on any atom is 0.134 e. The minimum absolute atomic E-state index is 0.221. The number of rotatable bonds is 7. The topological polar surface area (TPSA) is 58.7 Å². The van der Waals surface area contributed by atoms with Crippen molar-refractivity contribution in [3.8, 4) is 17.6 Å². The van der Waals surface area contributed by atoms with Gasteiger partial charge < -0.3 is 15.6 Å². The van der Waals surface area contributed by atoms with Crippen molar-refractivity contribution in [3.05, 3.63) is 29.3 Å². The van der Waals surface area contributed by atoms with Crippen molar-refractivity contribution in [2.45, 2.75) is 32.9 Å². The van der Waals surface area contributed by atoms with Crippen LogP contribution < -0.4 is 10.5 Å². The van der Waals surface area contributed by atoms with Gasteiger partial charge in [-0.2, -0.15) is 0 Å². The highest BCUT2D eigenvalue weighted by molar-refractivity contribution is 5.48. The second-order valence-electron chi connectivity index (χ2n) is 5.18. The summed E-state index contributed by atoms with van der Waals surface area (Å²) in [5, 5.41) is 9.00. The SMILES string of the molecule is COc1ccc(CN(CCCO)C(C)C)cc1C#CCN. The van der Waals surface area contributed by atoms with Gasteiger partial charge in [0.2, 0.25) is 0 Å². The van der Waals surface area contributed by atoms with Gasteiger partial charge in [0.05, 0.1) is 19.2 Å². The van der Waals surface area contributed by atoms with Gasteiger partial charge in [-0.1, -0.05) is 17.9 Å². The van der Waals surface area contributed by atoms with Crippen LogP contribution in [-0.4, -0.2) is 42.9 Å². The summed E-state index contributed by atoms with van der Waals surface area (Å²) in [5.74, 6) is 6.69. The number of aliphatic hydroxyl groups is 1. The number of ether oxygens (including phenoxy) is 1. The van der Waals surface area contributed by atoms with Gasteiger partial charge in [-0.25, -0.2) is 0 Å². The fourth-order valence-corrected chi connectivity index (χ4v) is 2.13. The Hall–Kier alpha value is -1.54. The number of hydrogen-bond donors (Lipinski definition) is 2. The summed E-state index contributed by atoms with van der Waals surface area (Å²) < 4.78 is 5.32. The third-order valence-corrected chi connectivity index (χ3v) is 3.31. The molecule has 0 aliphatic carbocycles. The number of methoxy groups -OCH3 is 1. The Kier molecular flexibility index (Phi) is 7.84. The summed E-state index contributed by atoms with van der Waals surface area (Å²) >= 11 is 0. The monoisotopic (exact) mass is 290 g/mol. The van der Waals surface area contributed by atoms with E-state index in [0.717, 1.165) is 30.8 Å². The summed E-state index contributed by atoms with van der Waals surface area (Å²) in [6.45, 7) is 6.59. The molecule has 0 radical (unpaired) electrons. The second kappa shape index (κ2) is 9.41. The summed E-state index contributed by atoms with van der Waals surface area (Å²) in [6.07, 6.45) is 0.786. The van der Waals surface area contributed by atoms with Gasteiger partial charge in [0.1, 0.15) is 5.75 Å². The minimum atomic E-state index is 0.221. The Bertz CT molecular complexity index is 489. The molecule has 1 aromatic carbocycles. The summed E-state index contributed by atoms with van der Waals surface area (Å²) in [7, 11) is 1.64. The molecule has 0 atom stereocenters. The molecule has 0 saturated carbocycles. The molecule has 116 valence electrons. The normalized spacial score (nSPS) is 10.6. The molecule has 0 aliphatic rings. The van der Waals surface area contributed by atoms with Crippen LogP contribution in [0.2, 0.25) is 0 Å². The van der Waals surface area contributed by atoms with Crippen LogP contribution in [0.15, 0.2) is 18.2 Å². The Balaban J connectivity index is 2.91. The second-order valence-corrected chi connectivity index (χ2v) is 5.18. The fourth-order valence-electron chi connectivity index (χ4n) is 2.13. The number of benzene rings is 1. The first kappa shape index (κ1) is 17.5. The molecule has 21 heavy (non-hydrogen) atoms. The van der Waals surface area contributed by atoms with Gasteiger partial charge >= 0.3 is 0 Å². The standard InChI is InChI=1S/C17H26N2O2/c1-14(2)19(10-5-11-20)13-15-7-8-17(21-3)16(12-15)6-4-9-18/h7-8,12,14,20H,5,9-11,13,18H2,1-3H3. The average molecular weight is 290 g/mol. The molecule has 0 bridgehead atoms. The van der Waals surface area contributed by atoms with E-state index in [-0.39, 0.29) is 6.61 Å². The quantitative estimate of drug-likeness (QED) is 0.749. The molecule has 3 N–H and O–H groups in total. The lowest BCUT2D eigenvalue weighted by atomic mass is 10.1. The third kappa shape index (κ3) is 5.76. The van der Waals surface area contributed by atoms with Crippen molar-refractivity contribution in [2.24, 2.45) is 5.73 Å². The van der Waals surface area contributed by atoms with E-state index >= 15 is 0 Å². The molecular weight excluding hydrogens is 264 g/mol. The largest absolute Gasteiger partial charge is 0.495 e. The molecule has 0 heterocycles. The maximum atomic E-state index is 9.00. The number of nitrogens with zero attached hydrogens (tertiary/aromatic N) is 1. The summed E-state index contributed by atoms with van der Waals surface area (Å²) in [6, 6.07) is 6.48. The Morgan fingerprint density at radius 2 is 2.14 bits per heavy atom. The molecule has 1 aromatic rings. The highest BCUT2D eigenvalue weighted by Gasteiger charge is 2.11. The van der Waals surface area contributed by atoms with E-state index in [2.05, 4.69) is 42.7 Å². The first-order valence-corrected chi connectivity index (χ1v) is 7.33.